The number of hydrogen-bond donors (Lipinski definition) is 1. The van der Waals surface area contributed by atoms with Crippen LogP contribution in [0.1, 0.15) is 23.2 Å². The Labute approximate surface area is 102 Å². The number of benzene rings is 1. The first-order chi connectivity index (χ1) is 8.49. The van der Waals surface area contributed by atoms with E-state index in [2.05, 4.69) is 0 Å². The van der Waals surface area contributed by atoms with Gasteiger partial charge in [0.2, 0.25) is 0 Å². The van der Waals surface area contributed by atoms with Gasteiger partial charge in [-0.2, -0.15) is 0 Å². The van der Waals surface area contributed by atoms with Crippen LogP contribution in [-0.2, 0) is 0 Å². The lowest BCUT2D eigenvalue weighted by Crippen LogP contribution is -2.46. The van der Waals surface area contributed by atoms with Gasteiger partial charge in [0.1, 0.15) is 23.0 Å². The Bertz CT molecular complexity index is 455. The average molecular weight is 258 g/mol. The van der Waals surface area contributed by atoms with E-state index in [1.807, 2.05) is 0 Å². The van der Waals surface area contributed by atoms with Crippen LogP contribution in [0.4, 0.5) is 13.2 Å². The van der Waals surface area contributed by atoms with Crippen LogP contribution in [0.3, 0.4) is 0 Å². The maximum Gasteiger partial charge on any atom is 0.259 e. The Morgan fingerprint density at radius 2 is 1.89 bits per heavy atom. The van der Waals surface area contributed by atoms with E-state index in [1.54, 1.807) is 0 Å². The molecule has 1 amide bonds. The minimum atomic E-state index is -1.18. The fraction of sp³-hybridized carbons (Fsp3) is 0.417. The Morgan fingerprint density at radius 1 is 1.28 bits per heavy atom. The maximum atomic E-state index is 13.5. The van der Waals surface area contributed by atoms with Gasteiger partial charge in [-0.15, -0.1) is 0 Å². The average Bonchev–Trinajstić information content (AvgIpc) is 2.27. The molecule has 3 nitrogen and oxygen atoms in total. The molecule has 1 aromatic rings. The zero-order valence-electron chi connectivity index (χ0n) is 9.63. The predicted octanol–water partition coefficient (Wildman–Crippen LogP) is 1.67. The van der Waals surface area contributed by atoms with Crippen molar-refractivity contribution in [3.8, 4) is 0 Å². The summed E-state index contributed by atoms with van der Waals surface area (Å²) in [6.45, 7) is 0.665. The number of halogens is 3. The molecule has 0 spiro atoms. The number of piperidine rings is 1. The number of carbonyl (C=O) groups is 1. The fourth-order valence-corrected chi connectivity index (χ4v) is 2.10. The molecule has 0 saturated carbocycles. The zero-order chi connectivity index (χ0) is 13.3. The predicted molar refractivity (Wildman–Crippen MR) is 59.4 cm³/mol. The normalized spacial score (nSPS) is 20.0. The fourth-order valence-electron chi connectivity index (χ4n) is 2.10. The van der Waals surface area contributed by atoms with Crippen LogP contribution < -0.4 is 5.73 Å². The number of likely N-dealkylation sites (tertiary alicyclic amines) is 1. The lowest BCUT2D eigenvalue weighted by Gasteiger charge is -2.30. The van der Waals surface area contributed by atoms with Crippen molar-refractivity contribution in [1.82, 2.24) is 4.90 Å². The molecule has 18 heavy (non-hydrogen) atoms. The van der Waals surface area contributed by atoms with Crippen molar-refractivity contribution in [2.45, 2.75) is 18.9 Å². The minimum absolute atomic E-state index is 0.186. The largest absolute Gasteiger partial charge is 0.337 e. The second kappa shape index (κ2) is 4.97. The van der Waals surface area contributed by atoms with Crippen LogP contribution in [0.2, 0.25) is 0 Å². The standard InChI is InChI=1S/C12H13F3N2O/c13-7-4-9(14)11(10(15)5-7)12(18)17-3-1-2-8(16)6-17/h4-5,8H,1-3,6,16H2/t8-/m1/s1. The van der Waals surface area contributed by atoms with Crippen LogP contribution >= 0.6 is 0 Å². The number of amides is 1. The highest BCUT2D eigenvalue weighted by molar-refractivity contribution is 5.94. The summed E-state index contributed by atoms with van der Waals surface area (Å²) < 4.78 is 39.7. The van der Waals surface area contributed by atoms with E-state index in [9.17, 15) is 18.0 Å². The molecule has 1 fully saturated rings. The summed E-state index contributed by atoms with van der Waals surface area (Å²) in [6, 6.07) is 0.815. The third kappa shape index (κ3) is 2.48. The van der Waals surface area contributed by atoms with E-state index in [-0.39, 0.29) is 12.6 Å². The Hall–Kier alpha value is -1.56. The summed E-state index contributed by atoms with van der Waals surface area (Å²) in [5, 5.41) is 0. The quantitative estimate of drug-likeness (QED) is 0.832. The highest BCUT2D eigenvalue weighted by atomic mass is 19.1. The monoisotopic (exact) mass is 258 g/mol. The molecule has 1 aliphatic rings. The smallest absolute Gasteiger partial charge is 0.259 e. The Balaban J connectivity index is 2.28. The van der Waals surface area contributed by atoms with Crippen LogP contribution in [-0.4, -0.2) is 29.9 Å². The maximum absolute atomic E-state index is 13.5. The first kappa shape index (κ1) is 12.9. The van der Waals surface area contributed by atoms with Crippen molar-refractivity contribution >= 4 is 5.91 Å². The van der Waals surface area contributed by atoms with E-state index in [0.717, 1.165) is 6.42 Å². The minimum Gasteiger partial charge on any atom is -0.337 e. The number of nitrogens with two attached hydrogens (primary N) is 1. The van der Waals surface area contributed by atoms with E-state index in [0.29, 0.717) is 25.1 Å². The second-order valence-electron chi connectivity index (χ2n) is 4.40. The number of nitrogens with zero attached hydrogens (tertiary/aromatic N) is 1. The number of hydrogen-bond acceptors (Lipinski definition) is 2. The lowest BCUT2D eigenvalue weighted by atomic mass is 10.0. The first-order valence-corrected chi connectivity index (χ1v) is 5.68. The molecule has 1 aliphatic heterocycles. The van der Waals surface area contributed by atoms with E-state index in [4.69, 9.17) is 5.73 Å². The molecule has 2 rings (SSSR count). The van der Waals surface area contributed by atoms with Crippen LogP contribution in [0.5, 0.6) is 0 Å². The van der Waals surface area contributed by atoms with Crippen molar-refractivity contribution < 1.29 is 18.0 Å². The third-order valence-corrected chi connectivity index (χ3v) is 2.97. The van der Waals surface area contributed by atoms with Crippen molar-refractivity contribution in [2.24, 2.45) is 5.73 Å². The summed E-state index contributed by atoms with van der Waals surface area (Å²) in [5.74, 6) is -4.19. The van der Waals surface area contributed by atoms with Gasteiger partial charge in [0.15, 0.2) is 0 Å². The summed E-state index contributed by atoms with van der Waals surface area (Å²) in [7, 11) is 0. The first-order valence-electron chi connectivity index (χ1n) is 5.68. The van der Waals surface area contributed by atoms with Gasteiger partial charge in [-0.25, -0.2) is 13.2 Å². The molecule has 98 valence electrons. The van der Waals surface area contributed by atoms with Crippen molar-refractivity contribution in [3.63, 3.8) is 0 Å². The molecule has 1 heterocycles. The van der Waals surface area contributed by atoms with E-state index in [1.165, 1.54) is 4.90 Å². The van der Waals surface area contributed by atoms with Crippen molar-refractivity contribution in [3.05, 3.63) is 35.1 Å². The molecular formula is C12H13F3N2O. The van der Waals surface area contributed by atoms with E-state index >= 15 is 0 Å². The topological polar surface area (TPSA) is 46.3 Å². The van der Waals surface area contributed by atoms with Gasteiger partial charge in [0, 0.05) is 31.3 Å². The molecule has 2 N–H and O–H groups in total. The molecule has 6 heteroatoms. The molecular weight excluding hydrogens is 245 g/mol. The summed E-state index contributed by atoms with van der Waals surface area (Å²) in [4.78, 5) is 13.3. The number of rotatable bonds is 1. The Morgan fingerprint density at radius 3 is 2.44 bits per heavy atom. The Kier molecular flexibility index (Phi) is 3.56. The van der Waals surface area contributed by atoms with Gasteiger partial charge >= 0.3 is 0 Å². The second-order valence-corrected chi connectivity index (χ2v) is 4.40. The molecule has 0 aromatic heterocycles. The van der Waals surface area contributed by atoms with Gasteiger partial charge in [0.25, 0.3) is 5.91 Å². The zero-order valence-corrected chi connectivity index (χ0v) is 9.63. The number of carbonyl (C=O) groups excluding carboxylic acids is 1. The summed E-state index contributed by atoms with van der Waals surface area (Å²) in [5.41, 5.74) is 4.98. The SMILES string of the molecule is N[C@@H]1CCCN(C(=O)c2c(F)cc(F)cc2F)C1. The highest BCUT2D eigenvalue weighted by Gasteiger charge is 2.27. The third-order valence-electron chi connectivity index (χ3n) is 2.97. The summed E-state index contributed by atoms with van der Waals surface area (Å²) >= 11 is 0. The molecule has 1 aromatic carbocycles. The van der Waals surface area contributed by atoms with Gasteiger partial charge in [-0.3, -0.25) is 4.79 Å². The van der Waals surface area contributed by atoms with Crippen molar-refractivity contribution in [1.29, 1.82) is 0 Å². The molecule has 1 atom stereocenters. The van der Waals surface area contributed by atoms with Gasteiger partial charge < -0.3 is 10.6 Å². The van der Waals surface area contributed by atoms with Crippen LogP contribution in [0, 0.1) is 17.5 Å². The van der Waals surface area contributed by atoms with Crippen LogP contribution in [0.15, 0.2) is 12.1 Å². The molecule has 0 radical (unpaired) electrons. The highest BCUT2D eigenvalue weighted by Crippen LogP contribution is 2.19. The molecule has 0 bridgehead atoms. The van der Waals surface area contributed by atoms with E-state index < -0.39 is 28.9 Å². The molecule has 1 saturated heterocycles. The molecule has 0 unspecified atom stereocenters. The lowest BCUT2D eigenvalue weighted by molar-refractivity contribution is 0.0698. The van der Waals surface area contributed by atoms with Gasteiger partial charge in [-0.1, -0.05) is 0 Å². The van der Waals surface area contributed by atoms with Gasteiger partial charge in [0.05, 0.1) is 0 Å². The van der Waals surface area contributed by atoms with Crippen LogP contribution in [0.25, 0.3) is 0 Å². The summed E-state index contributed by atoms with van der Waals surface area (Å²) in [6.07, 6.45) is 1.47. The van der Waals surface area contributed by atoms with Crippen molar-refractivity contribution in [2.75, 3.05) is 13.1 Å². The molecule has 0 aliphatic carbocycles. The van der Waals surface area contributed by atoms with Gasteiger partial charge in [-0.05, 0) is 12.8 Å².